The standard InChI is InChI=1S/C14H18BrF3N2/c15-12-9-11(14(16,17)18)1-2-13(12)20-7-4-10(3-6-19)5-8-20/h1-2,9-10H,3-8,19H2. The van der Waals surface area contributed by atoms with Crippen molar-refractivity contribution in [2.75, 3.05) is 24.5 Å². The molecular formula is C14H18BrF3N2. The van der Waals surface area contributed by atoms with Crippen molar-refractivity contribution in [1.29, 1.82) is 0 Å². The summed E-state index contributed by atoms with van der Waals surface area (Å²) in [4.78, 5) is 2.14. The molecule has 1 aromatic carbocycles. The summed E-state index contributed by atoms with van der Waals surface area (Å²) < 4.78 is 38.4. The molecule has 1 heterocycles. The maximum Gasteiger partial charge on any atom is 0.416 e. The van der Waals surface area contributed by atoms with Crippen LogP contribution < -0.4 is 10.6 Å². The van der Waals surface area contributed by atoms with Crippen molar-refractivity contribution in [1.82, 2.24) is 0 Å². The molecule has 0 spiro atoms. The van der Waals surface area contributed by atoms with Gasteiger partial charge < -0.3 is 10.6 Å². The molecule has 0 bridgehead atoms. The molecule has 0 aromatic heterocycles. The number of benzene rings is 1. The van der Waals surface area contributed by atoms with Gasteiger partial charge in [-0.25, -0.2) is 0 Å². The number of piperidine rings is 1. The molecule has 0 saturated carbocycles. The first-order chi connectivity index (χ1) is 9.41. The summed E-state index contributed by atoms with van der Waals surface area (Å²) >= 11 is 3.26. The average Bonchev–Trinajstić information content (AvgIpc) is 2.39. The Kier molecular flexibility index (Phi) is 4.96. The second-order valence-electron chi connectivity index (χ2n) is 5.17. The predicted octanol–water partition coefficient (Wildman–Crippen LogP) is 4.03. The number of hydrogen-bond acceptors (Lipinski definition) is 2. The highest BCUT2D eigenvalue weighted by Crippen LogP contribution is 2.36. The first kappa shape index (κ1) is 15.6. The lowest BCUT2D eigenvalue weighted by Crippen LogP contribution is -2.34. The molecule has 0 amide bonds. The van der Waals surface area contributed by atoms with Crippen molar-refractivity contribution in [2.24, 2.45) is 11.7 Å². The van der Waals surface area contributed by atoms with Crippen LogP contribution in [0.2, 0.25) is 0 Å². The first-order valence-corrected chi connectivity index (χ1v) is 7.53. The lowest BCUT2D eigenvalue weighted by atomic mass is 9.93. The van der Waals surface area contributed by atoms with Crippen molar-refractivity contribution in [3.63, 3.8) is 0 Å². The average molecular weight is 351 g/mol. The highest BCUT2D eigenvalue weighted by molar-refractivity contribution is 9.10. The monoisotopic (exact) mass is 350 g/mol. The lowest BCUT2D eigenvalue weighted by Gasteiger charge is -2.34. The second-order valence-corrected chi connectivity index (χ2v) is 6.03. The molecule has 20 heavy (non-hydrogen) atoms. The zero-order valence-corrected chi connectivity index (χ0v) is 12.7. The summed E-state index contributed by atoms with van der Waals surface area (Å²) in [6, 6.07) is 3.85. The van der Waals surface area contributed by atoms with Gasteiger partial charge >= 0.3 is 6.18 Å². The molecule has 0 aliphatic carbocycles. The van der Waals surface area contributed by atoms with Crippen LogP contribution in [-0.2, 0) is 6.18 Å². The maximum absolute atomic E-state index is 12.6. The fourth-order valence-corrected chi connectivity index (χ4v) is 3.27. The fraction of sp³-hybridized carbons (Fsp3) is 0.571. The molecule has 1 aliphatic heterocycles. The van der Waals surface area contributed by atoms with Crippen LogP contribution in [0.25, 0.3) is 0 Å². The number of nitrogens with two attached hydrogens (primary N) is 1. The van der Waals surface area contributed by atoms with E-state index in [1.807, 2.05) is 0 Å². The van der Waals surface area contributed by atoms with E-state index in [2.05, 4.69) is 20.8 Å². The van der Waals surface area contributed by atoms with E-state index in [4.69, 9.17) is 5.73 Å². The van der Waals surface area contributed by atoms with Gasteiger partial charge in [0.2, 0.25) is 0 Å². The maximum atomic E-state index is 12.6. The Bertz CT molecular complexity index is 454. The summed E-state index contributed by atoms with van der Waals surface area (Å²) in [7, 11) is 0. The third-order valence-electron chi connectivity index (χ3n) is 3.81. The molecule has 0 atom stereocenters. The van der Waals surface area contributed by atoms with E-state index in [0.717, 1.165) is 50.2 Å². The highest BCUT2D eigenvalue weighted by atomic mass is 79.9. The number of rotatable bonds is 3. The van der Waals surface area contributed by atoms with E-state index in [-0.39, 0.29) is 0 Å². The van der Waals surface area contributed by atoms with Gasteiger partial charge in [-0.3, -0.25) is 0 Å². The molecule has 1 aromatic rings. The van der Waals surface area contributed by atoms with Gasteiger partial charge in [0.1, 0.15) is 0 Å². The Labute approximate surface area is 125 Å². The van der Waals surface area contributed by atoms with E-state index in [1.165, 1.54) is 0 Å². The minimum Gasteiger partial charge on any atom is -0.371 e. The third-order valence-corrected chi connectivity index (χ3v) is 4.44. The van der Waals surface area contributed by atoms with Crippen molar-refractivity contribution in [2.45, 2.75) is 25.4 Å². The smallest absolute Gasteiger partial charge is 0.371 e. The van der Waals surface area contributed by atoms with Gasteiger partial charge in [-0.15, -0.1) is 0 Å². The summed E-state index contributed by atoms with van der Waals surface area (Å²) in [6.45, 7) is 2.44. The molecule has 1 fully saturated rings. The quantitative estimate of drug-likeness (QED) is 0.891. The van der Waals surface area contributed by atoms with Gasteiger partial charge in [-0.2, -0.15) is 13.2 Å². The summed E-state index contributed by atoms with van der Waals surface area (Å²) in [5.41, 5.74) is 5.78. The zero-order chi connectivity index (χ0) is 14.8. The van der Waals surface area contributed by atoms with Crippen LogP contribution in [0, 0.1) is 5.92 Å². The van der Waals surface area contributed by atoms with Crippen LogP contribution in [0.5, 0.6) is 0 Å². The largest absolute Gasteiger partial charge is 0.416 e. The molecule has 0 unspecified atom stereocenters. The number of anilines is 1. The molecule has 1 aliphatic rings. The molecule has 1 saturated heterocycles. The molecule has 2 N–H and O–H groups in total. The van der Waals surface area contributed by atoms with Crippen LogP contribution in [0.4, 0.5) is 18.9 Å². The van der Waals surface area contributed by atoms with E-state index in [9.17, 15) is 13.2 Å². The van der Waals surface area contributed by atoms with E-state index in [0.29, 0.717) is 16.9 Å². The highest BCUT2D eigenvalue weighted by Gasteiger charge is 2.31. The number of halogens is 4. The van der Waals surface area contributed by atoms with Crippen LogP contribution >= 0.6 is 15.9 Å². The molecule has 6 heteroatoms. The fourth-order valence-electron chi connectivity index (χ4n) is 2.64. The van der Waals surface area contributed by atoms with Crippen molar-refractivity contribution >= 4 is 21.6 Å². The van der Waals surface area contributed by atoms with E-state index in [1.54, 1.807) is 6.07 Å². The van der Waals surface area contributed by atoms with Crippen molar-refractivity contribution in [3.8, 4) is 0 Å². The van der Waals surface area contributed by atoms with Gasteiger partial charge in [0.25, 0.3) is 0 Å². The molecule has 112 valence electrons. The van der Waals surface area contributed by atoms with Crippen molar-refractivity contribution < 1.29 is 13.2 Å². The van der Waals surface area contributed by atoms with E-state index >= 15 is 0 Å². The number of alkyl halides is 3. The van der Waals surface area contributed by atoms with Crippen molar-refractivity contribution in [3.05, 3.63) is 28.2 Å². The van der Waals surface area contributed by atoms with Gasteiger partial charge in [0, 0.05) is 17.6 Å². The van der Waals surface area contributed by atoms with Crippen LogP contribution in [-0.4, -0.2) is 19.6 Å². The van der Waals surface area contributed by atoms with Crippen LogP contribution in [0.3, 0.4) is 0 Å². The third kappa shape index (κ3) is 3.67. The van der Waals surface area contributed by atoms with Gasteiger partial charge in [0.05, 0.1) is 11.3 Å². The normalized spacial score (nSPS) is 17.6. The molecular weight excluding hydrogens is 333 g/mol. The van der Waals surface area contributed by atoms with Crippen LogP contribution in [0.15, 0.2) is 22.7 Å². The summed E-state index contributed by atoms with van der Waals surface area (Å²) in [6.07, 6.45) is -1.17. The Morgan fingerprint density at radius 3 is 2.40 bits per heavy atom. The number of hydrogen-bond donors (Lipinski definition) is 1. The van der Waals surface area contributed by atoms with Gasteiger partial charge in [-0.05, 0) is 65.9 Å². The molecule has 0 radical (unpaired) electrons. The molecule has 2 nitrogen and oxygen atoms in total. The predicted molar refractivity (Wildman–Crippen MR) is 77.8 cm³/mol. The van der Waals surface area contributed by atoms with Gasteiger partial charge in [0.15, 0.2) is 0 Å². The summed E-state index contributed by atoms with van der Waals surface area (Å²) in [5.74, 6) is 0.643. The minimum atomic E-state index is -4.30. The minimum absolute atomic E-state index is 0.504. The zero-order valence-electron chi connectivity index (χ0n) is 11.1. The SMILES string of the molecule is NCCC1CCN(c2ccc(C(F)(F)F)cc2Br)CC1. The second kappa shape index (κ2) is 6.35. The summed E-state index contributed by atoms with van der Waals surface area (Å²) in [5, 5.41) is 0. The first-order valence-electron chi connectivity index (χ1n) is 6.73. The molecule has 2 rings (SSSR count). The Hall–Kier alpha value is -0.750. The number of nitrogens with zero attached hydrogens (tertiary/aromatic N) is 1. The Morgan fingerprint density at radius 1 is 1.25 bits per heavy atom. The Morgan fingerprint density at radius 2 is 1.90 bits per heavy atom. The lowest BCUT2D eigenvalue weighted by molar-refractivity contribution is -0.137. The van der Waals surface area contributed by atoms with Gasteiger partial charge in [-0.1, -0.05) is 0 Å². The van der Waals surface area contributed by atoms with Crippen LogP contribution in [0.1, 0.15) is 24.8 Å². The topological polar surface area (TPSA) is 29.3 Å². The Balaban J connectivity index is 2.07. The van der Waals surface area contributed by atoms with E-state index < -0.39 is 11.7 Å².